The normalized spacial score (nSPS) is 14.5. The lowest BCUT2D eigenvalue weighted by Gasteiger charge is -2.30. The van der Waals surface area contributed by atoms with Crippen LogP contribution in [0.2, 0.25) is 0 Å². The predicted molar refractivity (Wildman–Crippen MR) is 58.0 cm³/mol. The summed E-state index contributed by atoms with van der Waals surface area (Å²) >= 11 is 0. The Labute approximate surface area is 88.7 Å². The second-order valence-electron chi connectivity index (χ2n) is 3.74. The number of carbonyl (C=O) groups excluding carboxylic acids is 2. The van der Waals surface area contributed by atoms with Crippen molar-refractivity contribution in [2.24, 2.45) is 0 Å². The van der Waals surface area contributed by atoms with Crippen molar-refractivity contribution in [1.29, 1.82) is 0 Å². The summed E-state index contributed by atoms with van der Waals surface area (Å²) in [4.78, 5) is 23.4. The molecule has 0 radical (unpaired) electrons. The number of aldehydes is 1. The minimum atomic E-state index is -0.355. The maximum atomic E-state index is 11.1. The summed E-state index contributed by atoms with van der Waals surface area (Å²) in [7, 11) is 0. The first kappa shape index (κ1) is 9.90. The number of aryl methyl sites for hydroxylation is 1. The van der Waals surface area contributed by atoms with E-state index in [4.69, 9.17) is 0 Å². The number of fused-ring (bicyclic) bond motifs is 1. The molecular formula is C12H13NO2. The van der Waals surface area contributed by atoms with Crippen LogP contribution in [0.25, 0.3) is 0 Å². The average Bonchev–Trinajstić information content (AvgIpc) is 2.29. The van der Waals surface area contributed by atoms with E-state index in [1.54, 1.807) is 0 Å². The van der Waals surface area contributed by atoms with Gasteiger partial charge in [0.1, 0.15) is 0 Å². The number of anilines is 1. The summed E-state index contributed by atoms with van der Waals surface area (Å²) in [6.07, 6.45) is 2.50. The standard InChI is InChI=1S/C12H13NO2/c14-9-11(15)8-13-7-3-5-10-4-1-2-6-12(10)13/h1-2,4,6,9H,3,5,7-8H2. The molecule has 0 amide bonds. The van der Waals surface area contributed by atoms with E-state index in [9.17, 15) is 9.59 Å². The number of hydrogen-bond acceptors (Lipinski definition) is 3. The quantitative estimate of drug-likeness (QED) is 0.547. The van der Waals surface area contributed by atoms with Crippen LogP contribution in [0.4, 0.5) is 5.69 Å². The fourth-order valence-corrected chi connectivity index (χ4v) is 2.00. The number of benzene rings is 1. The van der Waals surface area contributed by atoms with E-state index in [0.29, 0.717) is 6.29 Å². The van der Waals surface area contributed by atoms with Crippen molar-refractivity contribution < 1.29 is 9.59 Å². The molecule has 0 saturated carbocycles. The molecule has 0 bridgehead atoms. The fourth-order valence-electron chi connectivity index (χ4n) is 2.00. The van der Waals surface area contributed by atoms with Crippen molar-refractivity contribution >= 4 is 17.8 Å². The van der Waals surface area contributed by atoms with Crippen LogP contribution >= 0.6 is 0 Å². The molecule has 0 N–H and O–H groups in total. The Bertz CT molecular complexity index is 387. The molecule has 1 aliphatic heterocycles. The second-order valence-corrected chi connectivity index (χ2v) is 3.74. The Morgan fingerprint density at radius 2 is 2.20 bits per heavy atom. The van der Waals surface area contributed by atoms with Gasteiger partial charge in [0, 0.05) is 12.2 Å². The van der Waals surface area contributed by atoms with Gasteiger partial charge < -0.3 is 4.90 Å². The van der Waals surface area contributed by atoms with E-state index in [1.807, 2.05) is 23.1 Å². The molecule has 15 heavy (non-hydrogen) atoms. The number of ketones is 1. The SMILES string of the molecule is O=CC(=O)CN1CCCc2ccccc21. The first-order valence-electron chi connectivity index (χ1n) is 5.12. The molecule has 0 unspecified atom stereocenters. The van der Waals surface area contributed by atoms with Crippen molar-refractivity contribution in [3.8, 4) is 0 Å². The van der Waals surface area contributed by atoms with E-state index in [1.165, 1.54) is 5.56 Å². The van der Waals surface area contributed by atoms with Gasteiger partial charge in [-0.2, -0.15) is 0 Å². The van der Waals surface area contributed by atoms with Gasteiger partial charge in [-0.15, -0.1) is 0 Å². The molecular weight excluding hydrogens is 190 g/mol. The van der Waals surface area contributed by atoms with Gasteiger partial charge in [0.25, 0.3) is 0 Å². The number of carbonyl (C=O) groups is 2. The first-order valence-corrected chi connectivity index (χ1v) is 5.12. The third-order valence-electron chi connectivity index (χ3n) is 2.68. The van der Waals surface area contributed by atoms with Gasteiger partial charge in [-0.3, -0.25) is 9.59 Å². The van der Waals surface area contributed by atoms with Crippen LogP contribution in [0, 0.1) is 0 Å². The van der Waals surface area contributed by atoms with Crippen molar-refractivity contribution in [1.82, 2.24) is 0 Å². The van der Waals surface area contributed by atoms with Crippen molar-refractivity contribution in [3.05, 3.63) is 29.8 Å². The third kappa shape index (κ3) is 2.06. The largest absolute Gasteiger partial charge is 0.363 e. The Morgan fingerprint density at radius 3 is 3.00 bits per heavy atom. The maximum Gasteiger partial charge on any atom is 0.214 e. The molecule has 1 aliphatic rings. The van der Waals surface area contributed by atoms with E-state index in [0.717, 1.165) is 25.1 Å². The van der Waals surface area contributed by atoms with Crippen molar-refractivity contribution in [2.75, 3.05) is 18.0 Å². The first-order chi connectivity index (χ1) is 7.31. The average molecular weight is 203 g/mol. The third-order valence-corrected chi connectivity index (χ3v) is 2.68. The number of hydrogen-bond donors (Lipinski definition) is 0. The van der Waals surface area contributed by atoms with Gasteiger partial charge in [0.15, 0.2) is 6.29 Å². The summed E-state index contributed by atoms with van der Waals surface area (Å²) < 4.78 is 0. The maximum absolute atomic E-state index is 11.1. The molecule has 78 valence electrons. The van der Waals surface area contributed by atoms with Gasteiger partial charge >= 0.3 is 0 Å². The minimum Gasteiger partial charge on any atom is -0.363 e. The molecule has 2 rings (SSSR count). The summed E-state index contributed by atoms with van der Waals surface area (Å²) in [5, 5.41) is 0. The van der Waals surface area contributed by atoms with Crippen LogP contribution in [-0.2, 0) is 16.0 Å². The Kier molecular flexibility index (Phi) is 2.81. The zero-order valence-electron chi connectivity index (χ0n) is 8.48. The second kappa shape index (κ2) is 4.26. The van der Waals surface area contributed by atoms with Gasteiger partial charge in [-0.1, -0.05) is 18.2 Å². The van der Waals surface area contributed by atoms with E-state index in [2.05, 4.69) is 6.07 Å². The molecule has 0 spiro atoms. The predicted octanol–water partition coefficient (Wildman–Crippen LogP) is 1.21. The molecule has 0 aliphatic carbocycles. The topological polar surface area (TPSA) is 37.4 Å². The van der Waals surface area contributed by atoms with Crippen LogP contribution in [-0.4, -0.2) is 25.2 Å². The Hall–Kier alpha value is -1.64. The molecule has 0 aromatic heterocycles. The smallest absolute Gasteiger partial charge is 0.214 e. The highest BCUT2D eigenvalue weighted by molar-refractivity contribution is 6.26. The number of para-hydroxylation sites is 1. The van der Waals surface area contributed by atoms with Gasteiger partial charge in [0.05, 0.1) is 6.54 Å². The zero-order valence-corrected chi connectivity index (χ0v) is 8.48. The molecule has 0 fully saturated rings. The number of Topliss-reactive ketones (excluding diaryl/α,β-unsaturated/α-hetero) is 1. The molecule has 1 aromatic carbocycles. The molecule has 3 heteroatoms. The van der Waals surface area contributed by atoms with Crippen LogP contribution in [0.3, 0.4) is 0 Å². The fraction of sp³-hybridized carbons (Fsp3) is 0.333. The summed E-state index contributed by atoms with van der Waals surface area (Å²) in [5.41, 5.74) is 2.36. The highest BCUT2D eigenvalue weighted by Crippen LogP contribution is 2.25. The number of rotatable bonds is 3. The number of nitrogens with zero attached hydrogens (tertiary/aromatic N) is 1. The van der Waals surface area contributed by atoms with E-state index < -0.39 is 0 Å². The van der Waals surface area contributed by atoms with Crippen LogP contribution in [0.15, 0.2) is 24.3 Å². The molecule has 1 heterocycles. The Morgan fingerprint density at radius 1 is 1.40 bits per heavy atom. The molecule has 1 aromatic rings. The van der Waals surface area contributed by atoms with Gasteiger partial charge in [-0.05, 0) is 24.5 Å². The summed E-state index contributed by atoms with van der Waals surface area (Å²) in [6, 6.07) is 8.05. The molecule has 0 atom stereocenters. The highest BCUT2D eigenvalue weighted by Gasteiger charge is 2.17. The van der Waals surface area contributed by atoms with Crippen LogP contribution < -0.4 is 4.90 Å². The molecule has 3 nitrogen and oxygen atoms in total. The lowest BCUT2D eigenvalue weighted by Crippen LogP contribution is -2.34. The monoisotopic (exact) mass is 203 g/mol. The van der Waals surface area contributed by atoms with Gasteiger partial charge in [0.2, 0.25) is 5.78 Å². The highest BCUT2D eigenvalue weighted by atomic mass is 16.2. The summed E-state index contributed by atoms with van der Waals surface area (Å²) in [6.45, 7) is 1.07. The van der Waals surface area contributed by atoms with Crippen LogP contribution in [0.5, 0.6) is 0 Å². The molecule has 0 saturated heterocycles. The lowest BCUT2D eigenvalue weighted by molar-refractivity contribution is -0.128. The van der Waals surface area contributed by atoms with E-state index in [-0.39, 0.29) is 12.3 Å². The summed E-state index contributed by atoms with van der Waals surface area (Å²) in [5.74, 6) is -0.355. The van der Waals surface area contributed by atoms with Crippen molar-refractivity contribution in [3.63, 3.8) is 0 Å². The van der Waals surface area contributed by atoms with E-state index >= 15 is 0 Å². The lowest BCUT2D eigenvalue weighted by atomic mass is 10.0. The Balaban J connectivity index is 2.22. The minimum absolute atomic E-state index is 0.209. The van der Waals surface area contributed by atoms with Crippen molar-refractivity contribution in [2.45, 2.75) is 12.8 Å². The van der Waals surface area contributed by atoms with Crippen LogP contribution in [0.1, 0.15) is 12.0 Å². The van der Waals surface area contributed by atoms with Gasteiger partial charge in [-0.25, -0.2) is 0 Å². The zero-order chi connectivity index (χ0) is 10.7.